The molecule has 11 heteroatoms. The number of hydrogen-bond acceptors (Lipinski definition) is 8. The molecule has 0 spiro atoms. The Morgan fingerprint density at radius 3 is 2.61 bits per heavy atom. The van der Waals surface area contributed by atoms with Crippen LogP contribution in [0.15, 0.2) is 33.9 Å². The number of benzene rings is 1. The number of carbonyl (C=O) groups is 2. The fourth-order valence-electron chi connectivity index (χ4n) is 4.01. The molecule has 1 unspecified atom stereocenters. The zero-order valence-electron chi connectivity index (χ0n) is 20.7. The summed E-state index contributed by atoms with van der Waals surface area (Å²) >= 11 is 6.19. The number of amides is 1. The molecule has 0 radical (unpaired) electrons. The molecule has 1 amide bonds. The molecule has 0 bridgehead atoms. The molecular formula is C25H29BrN4O4S2. The van der Waals surface area contributed by atoms with Crippen molar-refractivity contribution < 1.29 is 19.1 Å². The van der Waals surface area contributed by atoms with Gasteiger partial charge >= 0.3 is 5.97 Å². The summed E-state index contributed by atoms with van der Waals surface area (Å²) in [6.45, 7) is 5.56. The normalized spacial score (nSPS) is 13.8. The van der Waals surface area contributed by atoms with Gasteiger partial charge in [0.2, 0.25) is 5.91 Å². The highest BCUT2D eigenvalue weighted by Crippen LogP contribution is 2.39. The van der Waals surface area contributed by atoms with Crippen LogP contribution in [0.2, 0.25) is 0 Å². The molecule has 4 rings (SSSR count). The third kappa shape index (κ3) is 6.30. The third-order valence-electron chi connectivity index (χ3n) is 5.66. The van der Waals surface area contributed by atoms with E-state index >= 15 is 0 Å². The van der Waals surface area contributed by atoms with Crippen LogP contribution in [0.3, 0.4) is 0 Å². The van der Waals surface area contributed by atoms with Gasteiger partial charge in [-0.25, -0.2) is 4.79 Å². The van der Waals surface area contributed by atoms with E-state index < -0.39 is 0 Å². The van der Waals surface area contributed by atoms with Crippen LogP contribution >= 0.6 is 39.0 Å². The van der Waals surface area contributed by atoms with Gasteiger partial charge in [-0.2, -0.15) is 0 Å². The monoisotopic (exact) mass is 592 g/mol. The maximum atomic E-state index is 12.9. The molecule has 3 aromatic rings. The Hall–Kier alpha value is -2.37. The van der Waals surface area contributed by atoms with Crippen LogP contribution in [0, 0.1) is 0 Å². The van der Waals surface area contributed by atoms with E-state index in [2.05, 4.69) is 31.4 Å². The molecule has 1 aromatic carbocycles. The van der Waals surface area contributed by atoms with Crippen molar-refractivity contribution in [2.24, 2.45) is 7.05 Å². The van der Waals surface area contributed by atoms with Gasteiger partial charge in [-0.05, 0) is 76.3 Å². The number of nitrogens with one attached hydrogen (secondary N) is 1. The molecule has 0 fully saturated rings. The lowest BCUT2D eigenvalue weighted by Crippen LogP contribution is -2.19. The van der Waals surface area contributed by atoms with Gasteiger partial charge in [0.05, 0.1) is 17.4 Å². The van der Waals surface area contributed by atoms with Crippen LogP contribution in [0.25, 0.3) is 0 Å². The fraction of sp³-hybridized carbons (Fsp3) is 0.440. The number of fused-ring (bicyclic) bond motifs is 1. The topological polar surface area (TPSA) is 95.3 Å². The van der Waals surface area contributed by atoms with Gasteiger partial charge in [-0.1, -0.05) is 27.7 Å². The predicted molar refractivity (Wildman–Crippen MR) is 145 cm³/mol. The van der Waals surface area contributed by atoms with Gasteiger partial charge in [0, 0.05) is 16.4 Å². The minimum Gasteiger partial charge on any atom is -0.483 e. The predicted octanol–water partition coefficient (Wildman–Crippen LogP) is 5.95. The molecular weight excluding hydrogens is 564 g/mol. The first kappa shape index (κ1) is 26.7. The first-order chi connectivity index (χ1) is 17.2. The molecule has 0 saturated heterocycles. The van der Waals surface area contributed by atoms with E-state index in [-0.39, 0.29) is 29.8 Å². The van der Waals surface area contributed by atoms with Crippen molar-refractivity contribution in [2.45, 2.75) is 63.8 Å². The van der Waals surface area contributed by atoms with E-state index in [1.807, 2.05) is 56.7 Å². The van der Waals surface area contributed by atoms with E-state index in [4.69, 9.17) is 9.47 Å². The number of hydrogen-bond donors (Lipinski definition) is 1. The summed E-state index contributed by atoms with van der Waals surface area (Å²) in [5.74, 6) is 0.943. The quantitative estimate of drug-likeness (QED) is 0.242. The van der Waals surface area contributed by atoms with Crippen molar-refractivity contribution in [2.75, 3.05) is 11.1 Å². The van der Waals surface area contributed by atoms with Gasteiger partial charge in [0.25, 0.3) is 0 Å². The largest absolute Gasteiger partial charge is 0.483 e. The molecule has 0 aliphatic heterocycles. The minimum absolute atomic E-state index is 0.134. The molecule has 1 N–H and O–H groups in total. The van der Waals surface area contributed by atoms with Crippen LogP contribution in [0.4, 0.5) is 5.00 Å². The number of thiophene rings is 1. The third-order valence-corrected chi connectivity index (χ3v) is 8.42. The Labute approximate surface area is 227 Å². The highest BCUT2D eigenvalue weighted by molar-refractivity contribution is 9.10. The summed E-state index contributed by atoms with van der Waals surface area (Å²) in [5.41, 5.74) is 1.54. The second-order valence-electron chi connectivity index (χ2n) is 8.82. The summed E-state index contributed by atoms with van der Waals surface area (Å²) in [6.07, 6.45) is 3.34. The van der Waals surface area contributed by atoms with Crippen LogP contribution in [0.5, 0.6) is 5.75 Å². The lowest BCUT2D eigenvalue weighted by molar-refractivity contribution is -0.113. The van der Waals surface area contributed by atoms with Gasteiger partial charge in [0.1, 0.15) is 10.8 Å². The summed E-state index contributed by atoms with van der Waals surface area (Å²) in [5, 5.41) is 12.6. The minimum atomic E-state index is -0.370. The molecule has 1 atom stereocenters. The number of ether oxygens (including phenoxy) is 2. The number of aryl methyl sites for hydroxylation is 1. The molecule has 2 heterocycles. The highest BCUT2D eigenvalue weighted by atomic mass is 79.9. The number of esters is 1. The Bertz CT molecular complexity index is 1240. The summed E-state index contributed by atoms with van der Waals surface area (Å²) < 4.78 is 14.3. The van der Waals surface area contributed by atoms with Gasteiger partial charge in [-0.3, -0.25) is 4.79 Å². The Kier molecular flexibility index (Phi) is 8.74. The standard InChI is InChI=1S/C25H29BrN4O4S2/c1-14(2)33-24(32)21-18-7-5-6-8-19(18)36-23(21)27-20(31)13-35-25-29-28-22(30(25)4)15(3)34-17-11-9-16(26)10-12-17/h9-12,14-15H,5-8,13H2,1-4H3,(H,27,31). The number of aromatic nitrogens is 3. The maximum Gasteiger partial charge on any atom is 0.341 e. The average Bonchev–Trinajstić information content (AvgIpc) is 3.38. The molecule has 192 valence electrons. The molecule has 36 heavy (non-hydrogen) atoms. The number of thioether (sulfide) groups is 1. The second-order valence-corrected chi connectivity index (χ2v) is 11.8. The SMILES string of the molecule is CC(C)OC(=O)c1c(NC(=O)CSc2nnc(C(C)Oc3ccc(Br)cc3)n2C)sc2c1CCCC2. The van der Waals surface area contributed by atoms with Crippen molar-refractivity contribution in [3.63, 3.8) is 0 Å². The van der Waals surface area contributed by atoms with E-state index in [1.165, 1.54) is 23.1 Å². The van der Waals surface area contributed by atoms with Crippen molar-refractivity contribution in [1.82, 2.24) is 14.8 Å². The smallest absolute Gasteiger partial charge is 0.341 e. The zero-order chi connectivity index (χ0) is 25.8. The van der Waals surface area contributed by atoms with Crippen LogP contribution in [-0.2, 0) is 29.4 Å². The Morgan fingerprint density at radius 1 is 1.17 bits per heavy atom. The lowest BCUT2D eigenvalue weighted by Gasteiger charge is -2.14. The summed E-state index contributed by atoms with van der Waals surface area (Å²) in [7, 11) is 1.85. The first-order valence-electron chi connectivity index (χ1n) is 11.8. The number of anilines is 1. The molecule has 2 aromatic heterocycles. The van der Waals surface area contributed by atoms with Gasteiger partial charge < -0.3 is 19.4 Å². The van der Waals surface area contributed by atoms with Crippen LogP contribution in [-0.4, -0.2) is 38.5 Å². The number of carbonyl (C=O) groups excluding carboxylic acids is 2. The molecule has 0 saturated carbocycles. The van der Waals surface area contributed by atoms with E-state index in [9.17, 15) is 9.59 Å². The molecule has 1 aliphatic carbocycles. The average molecular weight is 594 g/mol. The van der Waals surface area contributed by atoms with Crippen molar-refractivity contribution in [1.29, 1.82) is 0 Å². The van der Waals surface area contributed by atoms with Gasteiger partial charge in [0.15, 0.2) is 17.1 Å². The second kappa shape index (κ2) is 11.8. The highest BCUT2D eigenvalue weighted by Gasteiger charge is 2.28. The number of rotatable bonds is 9. The summed E-state index contributed by atoms with van der Waals surface area (Å²) in [4.78, 5) is 26.8. The van der Waals surface area contributed by atoms with Gasteiger partial charge in [-0.15, -0.1) is 21.5 Å². The fourth-order valence-corrected chi connectivity index (χ4v) is 6.29. The lowest BCUT2D eigenvalue weighted by atomic mass is 9.95. The van der Waals surface area contributed by atoms with E-state index in [0.717, 1.165) is 46.3 Å². The van der Waals surface area contributed by atoms with E-state index in [0.29, 0.717) is 21.5 Å². The summed E-state index contributed by atoms with van der Waals surface area (Å²) in [6, 6.07) is 7.59. The Morgan fingerprint density at radius 2 is 1.89 bits per heavy atom. The Balaban J connectivity index is 1.40. The molecule has 1 aliphatic rings. The number of halogens is 1. The maximum absolute atomic E-state index is 12.9. The zero-order valence-corrected chi connectivity index (χ0v) is 23.9. The van der Waals surface area contributed by atoms with Crippen molar-refractivity contribution in [3.05, 3.63) is 50.6 Å². The van der Waals surface area contributed by atoms with Crippen LogP contribution in [0.1, 0.15) is 66.3 Å². The van der Waals surface area contributed by atoms with Crippen LogP contribution < -0.4 is 10.1 Å². The van der Waals surface area contributed by atoms with Crippen molar-refractivity contribution >= 4 is 55.9 Å². The van der Waals surface area contributed by atoms with E-state index in [1.54, 1.807) is 0 Å². The van der Waals surface area contributed by atoms with Crippen molar-refractivity contribution in [3.8, 4) is 5.75 Å². The number of nitrogens with zero attached hydrogens (tertiary/aromatic N) is 3. The molecule has 8 nitrogen and oxygen atoms in total. The first-order valence-corrected chi connectivity index (χ1v) is 14.4.